The van der Waals surface area contributed by atoms with Crippen molar-refractivity contribution < 1.29 is 9.84 Å². The Labute approximate surface area is 163 Å². The molecule has 0 aliphatic rings. The Kier molecular flexibility index (Phi) is 5.48. The first-order valence-electron chi connectivity index (χ1n) is 8.90. The normalized spacial score (nSPS) is 13.4. The summed E-state index contributed by atoms with van der Waals surface area (Å²) >= 11 is 1.49. The van der Waals surface area contributed by atoms with Gasteiger partial charge in [0.15, 0.2) is 11.5 Å². The minimum atomic E-state index is -0.0627. The van der Waals surface area contributed by atoms with Crippen LogP contribution in [-0.2, 0) is 5.41 Å². The van der Waals surface area contributed by atoms with E-state index in [1.165, 1.54) is 11.3 Å². The third kappa shape index (κ3) is 4.46. The van der Waals surface area contributed by atoms with Gasteiger partial charge >= 0.3 is 0 Å². The number of fused-ring (bicyclic) bond motifs is 1. The number of phenolic OH excluding ortho intramolecular Hbond substituents is 1. The van der Waals surface area contributed by atoms with Crippen LogP contribution < -0.4 is 10.1 Å². The van der Waals surface area contributed by atoms with Gasteiger partial charge in [0.05, 0.1) is 10.5 Å². The third-order valence-corrected chi connectivity index (χ3v) is 5.65. The molecule has 0 fully saturated rings. The first-order chi connectivity index (χ1) is 12.8. The van der Waals surface area contributed by atoms with Crippen LogP contribution >= 0.6 is 11.3 Å². The summed E-state index contributed by atoms with van der Waals surface area (Å²) in [5, 5.41) is 14.7. The van der Waals surface area contributed by atoms with E-state index in [0.29, 0.717) is 17.7 Å². The summed E-state index contributed by atoms with van der Waals surface area (Å²) in [6, 6.07) is 7.62. The number of rotatable bonds is 5. The first-order valence-corrected chi connectivity index (χ1v) is 9.72. The van der Waals surface area contributed by atoms with Crippen LogP contribution in [0.3, 0.4) is 0 Å². The molecule has 0 aliphatic carbocycles. The Balaban J connectivity index is 1.82. The maximum Gasteiger partial charge on any atom is 0.219 e. The number of likely N-dealkylation sites (N-methyl/N-ethyl adjacent to an activating group) is 1. The Morgan fingerprint density at radius 2 is 2.00 bits per heavy atom. The molecule has 0 bridgehead atoms. The number of thiazole rings is 1. The second kappa shape index (κ2) is 7.66. The average molecular weight is 384 g/mol. The molecule has 3 aromatic rings. The molecule has 6 heteroatoms. The molecule has 2 aromatic heterocycles. The van der Waals surface area contributed by atoms with Crippen LogP contribution in [0.25, 0.3) is 16.3 Å². The van der Waals surface area contributed by atoms with E-state index < -0.39 is 0 Å². The molecule has 0 aliphatic heterocycles. The molecule has 0 spiro atoms. The van der Waals surface area contributed by atoms with E-state index in [1.54, 1.807) is 18.3 Å². The zero-order chi connectivity index (χ0) is 19.6. The lowest BCUT2D eigenvalue weighted by Gasteiger charge is -2.13. The summed E-state index contributed by atoms with van der Waals surface area (Å²) in [5.41, 5.74) is 1.70. The van der Waals surface area contributed by atoms with E-state index in [1.807, 2.05) is 25.3 Å². The highest BCUT2D eigenvalue weighted by Gasteiger charge is 2.21. The summed E-state index contributed by atoms with van der Waals surface area (Å²) in [5.74, 6) is 0.921. The van der Waals surface area contributed by atoms with Gasteiger partial charge in [-0.1, -0.05) is 32.9 Å². The number of hydrogen-bond acceptors (Lipinski definition) is 6. The topological polar surface area (TPSA) is 67.3 Å². The minimum absolute atomic E-state index is 0.0627. The second-order valence-electron chi connectivity index (χ2n) is 7.50. The van der Waals surface area contributed by atoms with Gasteiger partial charge in [0.25, 0.3) is 0 Å². The van der Waals surface area contributed by atoms with Gasteiger partial charge in [-0.3, -0.25) is 0 Å². The van der Waals surface area contributed by atoms with E-state index in [-0.39, 0.29) is 11.2 Å². The molecule has 0 radical (unpaired) electrons. The highest BCUT2D eigenvalue weighted by molar-refractivity contribution is 7.19. The van der Waals surface area contributed by atoms with E-state index >= 15 is 0 Å². The summed E-state index contributed by atoms with van der Waals surface area (Å²) in [4.78, 5) is 8.95. The lowest BCUT2D eigenvalue weighted by Crippen LogP contribution is -2.17. The Morgan fingerprint density at radius 1 is 1.22 bits per heavy atom. The summed E-state index contributed by atoms with van der Waals surface area (Å²) in [7, 11) is 1.92. The number of ether oxygens (including phenoxy) is 1. The molecule has 0 amide bonds. The quantitative estimate of drug-likeness (QED) is 0.641. The fraction of sp³-hybridized carbons (Fsp3) is 0.333. The van der Waals surface area contributed by atoms with Crippen molar-refractivity contribution in [3.8, 4) is 17.4 Å². The zero-order valence-corrected chi connectivity index (χ0v) is 17.1. The number of pyridine rings is 1. The molecular weight excluding hydrogens is 358 g/mol. The van der Waals surface area contributed by atoms with Crippen LogP contribution in [0.15, 0.2) is 36.5 Å². The number of aromatic hydroxyl groups is 1. The highest BCUT2D eigenvalue weighted by atomic mass is 32.1. The van der Waals surface area contributed by atoms with Crippen molar-refractivity contribution in [3.05, 3.63) is 47.1 Å². The maximum absolute atomic E-state index is 10.6. The lowest BCUT2D eigenvalue weighted by atomic mass is 9.98. The molecule has 2 N–H and O–H groups in total. The van der Waals surface area contributed by atoms with Crippen LogP contribution in [0, 0.1) is 0 Å². The lowest BCUT2D eigenvalue weighted by molar-refractivity contribution is 0.407. The third-order valence-electron chi connectivity index (χ3n) is 4.14. The highest BCUT2D eigenvalue weighted by Crippen LogP contribution is 2.41. The number of phenols is 1. The molecule has 1 aromatic carbocycles. The molecule has 3 rings (SSSR count). The van der Waals surface area contributed by atoms with Gasteiger partial charge in [0.1, 0.15) is 4.70 Å². The maximum atomic E-state index is 10.6. The summed E-state index contributed by atoms with van der Waals surface area (Å²) in [6.07, 6.45) is 5.81. The number of aromatic nitrogens is 2. The van der Waals surface area contributed by atoms with Gasteiger partial charge in [0.2, 0.25) is 5.88 Å². The monoisotopic (exact) mass is 383 g/mol. The predicted octanol–water partition coefficient (Wildman–Crippen LogP) is 5.11. The van der Waals surface area contributed by atoms with Crippen LogP contribution in [0.2, 0.25) is 0 Å². The van der Waals surface area contributed by atoms with Crippen LogP contribution in [-0.4, -0.2) is 28.2 Å². The second-order valence-corrected chi connectivity index (χ2v) is 8.50. The van der Waals surface area contributed by atoms with Crippen molar-refractivity contribution in [2.45, 2.75) is 39.2 Å². The number of nitrogens with zero attached hydrogens (tertiary/aromatic N) is 2. The van der Waals surface area contributed by atoms with Gasteiger partial charge < -0.3 is 15.2 Å². The van der Waals surface area contributed by atoms with Crippen molar-refractivity contribution in [1.82, 2.24) is 15.3 Å². The van der Waals surface area contributed by atoms with Crippen molar-refractivity contribution >= 4 is 27.6 Å². The van der Waals surface area contributed by atoms with E-state index in [4.69, 9.17) is 4.74 Å². The molecule has 27 heavy (non-hydrogen) atoms. The number of benzene rings is 1. The SMILES string of the molecule is CN[C@@H](C)/C=C/c1ccc(Oc2ccc3nc(C(C)(C)C)sc3c2O)nc1. The molecule has 0 unspecified atom stereocenters. The fourth-order valence-electron chi connectivity index (χ4n) is 2.38. The fourth-order valence-corrected chi connectivity index (χ4v) is 3.44. The van der Waals surface area contributed by atoms with Gasteiger partial charge in [0, 0.05) is 23.7 Å². The molecular formula is C21H25N3O2S. The largest absolute Gasteiger partial charge is 0.503 e. The van der Waals surface area contributed by atoms with Crippen molar-refractivity contribution in [1.29, 1.82) is 0 Å². The van der Waals surface area contributed by atoms with E-state index in [9.17, 15) is 5.11 Å². The first kappa shape index (κ1) is 19.3. The van der Waals surface area contributed by atoms with Gasteiger partial charge in [-0.2, -0.15) is 0 Å². The van der Waals surface area contributed by atoms with Crippen LogP contribution in [0.5, 0.6) is 17.4 Å². The van der Waals surface area contributed by atoms with Crippen LogP contribution in [0.4, 0.5) is 0 Å². The van der Waals surface area contributed by atoms with Gasteiger partial charge in [-0.15, -0.1) is 11.3 Å². The standard InChI is InChI=1S/C21H25N3O2S/c1-13(22-5)6-7-14-8-11-17(23-12-14)26-16-10-9-15-19(18(16)25)27-20(24-15)21(2,3)4/h6-13,22,25H,1-5H3/b7-6+/t13-/m0/s1. The number of nitrogens with one attached hydrogen (secondary N) is 1. The van der Waals surface area contributed by atoms with Gasteiger partial charge in [-0.25, -0.2) is 9.97 Å². The Morgan fingerprint density at radius 3 is 2.63 bits per heavy atom. The number of hydrogen-bond donors (Lipinski definition) is 2. The summed E-state index contributed by atoms with van der Waals surface area (Å²) in [6.45, 7) is 8.40. The molecule has 2 heterocycles. The summed E-state index contributed by atoms with van der Waals surface area (Å²) < 4.78 is 6.53. The molecule has 5 nitrogen and oxygen atoms in total. The average Bonchev–Trinajstić information content (AvgIpc) is 3.09. The molecule has 0 saturated heterocycles. The predicted molar refractivity (Wildman–Crippen MR) is 112 cm³/mol. The zero-order valence-electron chi connectivity index (χ0n) is 16.3. The smallest absolute Gasteiger partial charge is 0.219 e. The molecule has 1 atom stereocenters. The Hall–Kier alpha value is -2.44. The van der Waals surface area contributed by atoms with Crippen molar-refractivity contribution in [2.75, 3.05) is 7.05 Å². The Bertz CT molecular complexity index is 956. The van der Waals surface area contributed by atoms with E-state index in [2.05, 4.69) is 49.1 Å². The van der Waals surface area contributed by atoms with Crippen molar-refractivity contribution in [2.24, 2.45) is 0 Å². The van der Waals surface area contributed by atoms with Crippen molar-refractivity contribution in [3.63, 3.8) is 0 Å². The van der Waals surface area contributed by atoms with Gasteiger partial charge in [-0.05, 0) is 37.7 Å². The van der Waals surface area contributed by atoms with E-state index in [0.717, 1.165) is 20.8 Å². The molecule has 142 valence electrons. The molecule has 0 saturated carbocycles. The minimum Gasteiger partial charge on any atom is -0.503 e. The van der Waals surface area contributed by atoms with Crippen LogP contribution in [0.1, 0.15) is 38.3 Å².